The summed E-state index contributed by atoms with van der Waals surface area (Å²) in [6.07, 6.45) is 12.5. The first kappa shape index (κ1) is 24.1. The summed E-state index contributed by atoms with van der Waals surface area (Å²) in [5.41, 5.74) is 0.206. The third-order valence-corrected chi connectivity index (χ3v) is 3.85. The molecule has 0 unspecified atom stereocenters. The van der Waals surface area contributed by atoms with E-state index in [-0.39, 0.29) is 34.3 Å². The number of rotatable bonds is 13. The van der Waals surface area contributed by atoms with E-state index in [1.54, 1.807) is 0 Å². The average molecular weight is 382 g/mol. The van der Waals surface area contributed by atoms with Crippen LogP contribution in [0.5, 0.6) is 0 Å². The number of carbonyl (C=O) groups excluding carboxylic acids is 1. The Morgan fingerprint density at radius 1 is 0.955 bits per heavy atom. The van der Waals surface area contributed by atoms with Crippen molar-refractivity contribution in [3.63, 3.8) is 0 Å². The molecule has 0 aliphatic rings. The van der Waals surface area contributed by atoms with Crippen molar-refractivity contribution >= 4 is 17.6 Å². The van der Waals surface area contributed by atoms with Gasteiger partial charge in [0.25, 0.3) is 0 Å². The summed E-state index contributed by atoms with van der Waals surface area (Å²) in [4.78, 5) is 11.5. The fourth-order valence-corrected chi connectivity index (χ4v) is 2.28. The number of unbranched alkanes of at least 4 members (excludes halogenated alkanes) is 9. The molecule has 0 amide bonds. The number of aliphatic hydroxyl groups excluding tert-OH is 1. The molecule has 3 nitrogen and oxygen atoms in total. The minimum Gasteiger partial charge on any atom is -0.510 e. The Kier molecular flexibility index (Phi) is 18.8. The van der Waals surface area contributed by atoms with E-state index >= 15 is 0 Å². The zero-order valence-corrected chi connectivity index (χ0v) is 15.6. The van der Waals surface area contributed by atoms with Gasteiger partial charge in [-0.05, 0) is 13.3 Å². The Morgan fingerprint density at radius 3 is 1.86 bits per heavy atom. The summed E-state index contributed by atoms with van der Waals surface area (Å²) in [5.74, 6) is -0.632. The predicted octanol–water partition coefficient (Wildman–Crippen LogP) is 5.52. The fourth-order valence-electron chi connectivity index (χ4n) is 2.08. The standard InChI is InChI=1S/C17H31ClO3.Cu/c1-3-4-5-6-7-8-9-10-11-12-13-21-17(20)15(2)16(19)14-18;/h19H,3-14H2,1-2H3;/b16-15-;. The van der Waals surface area contributed by atoms with E-state index in [2.05, 4.69) is 6.92 Å². The van der Waals surface area contributed by atoms with Crippen LogP contribution < -0.4 is 0 Å². The smallest absolute Gasteiger partial charge is 0.337 e. The van der Waals surface area contributed by atoms with Crippen LogP contribution in [0.25, 0.3) is 0 Å². The van der Waals surface area contributed by atoms with Crippen LogP contribution in [0, 0.1) is 0 Å². The third-order valence-electron chi connectivity index (χ3n) is 3.60. The molecule has 22 heavy (non-hydrogen) atoms. The van der Waals surface area contributed by atoms with Gasteiger partial charge in [0.15, 0.2) is 0 Å². The molecule has 1 N–H and O–H groups in total. The molecule has 0 fully saturated rings. The summed E-state index contributed by atoms with van der Waals surface area (Å²) in [7, 11) is 0. The molecule has 0 saturated carbocycles. The Balaban J connectivity index is 0. The van der Waals surface area contributed by atoms with Gasteiger partial charge in [-0.2, -0.15) is 0 Å². The van der Waals surface area contributed by atoms with E-state index in [4.69, 9.17) is 16.3 Å². The maximum atomic E-state index is 11.5. The predicted molar refractivity (Wildman–Crippen MR) is 88.9 cm³/mol. The molecule has 1 radical (unpaired) electrons. The molecule has 0 rings (SSSR count). The van der Waals surface area contributed by atoms with Crippen molar-refractivity contribution in [3.05, 3.63) is 11.3 Å². The number of halogens is 1. The molecule has 0 aromatic rings. The van der Waals surface area contributed by atoms with Crippen molar-refractivity contribution in [2.45, 2.75) is 78.1 Å². The molecule has 0 aliphatic heterocycles. The van der Waals surface area contributed by atoms with Crippen LogP contribution in [-0.4, -0.2) is 23.6 Å². The van der Waals surface area contributed by atoms with Gasteiger partial charge in [0.1, 0.15) is 5.76 Å². The second kappa shape index (κ2) is 17.2. The Bertz CT molecular complexity index is 306. The van der Waals surface area contributed by atoms with Gasteiger partial charge >= 0.3 is 5.97 Å². The number of hydrogen-bond acceptors (Lipinski definition) is 3. The van der Waals surface area contributed by atoms with Gasteiger partial charge in [-0.25, -0.2) is 4.79 Å². The fraction of sp³-hybridized carbons (Fsp3) is 0.824. The molecule has 0 aromatic heterocycles. The maximum Gasteiger partial charge on any atom is 0.337 e. The summed E-state index contributed by atoms with van der Waals surface area (Å²) in [5, 5.41) is 9.32. The number of hydrogen-bond donors (Lipinski definition) is 1. The molecule has 0 aliphatic carbocycles. The van der Waals surface area contributed by atoms with Crippen LogP contribution >= 0.6 is 11.6 Å². The quantitative estimate of drug-likeness (QED) is 0.114. The zero-order chi connectivity index (χ0) is 15.9. The van der Waals surface area contributed by atoms with Gasteiger partial charge in [0, 0.05) is 17.1 Å². The van der Waals surface area contributed by atoms with E-state index in [1.807, 2.05) is 0 Å². The molecule has 135 valence electrons. The molecule has 0 heterocycles. The number of aliphatic hydroxyl groups is 1. The summed E-state index contributed by atoms with van der Waals surface area (Å²) in [6, 6.07) is 0. The van der Waals surface area contributed by atoms with E-state index < -0.39 is 5.97 Å². The third kappa shape index (κ3) is 13.5. The Labute approximate surface area is 151 Å². The van der Waals surface area contributed by atoms with E-state index in [0.29, 0.717) is 6.61 Å². The van der Waals surface area contributed by atoms with Crippen molar-refractivity contribution in [1.29, 1.82) is 0 Å². The van der Waals surface area contributed by atoms with Crippen LogP contribution in [0.1, 0.15) is 78.1 Å². The second-order valence-electron chi connectivity index (χ2n) is 5.52. The van der Waals surface area contributed by atoms with Gasteiger partial charge in [0.05, 0.1) is 18.1 Å². The van der Waals surface area contributed by atoms with Gasteiger partial charge in [-0.3, -0.25) is 0 Å². The normalized spacial score (nSPS) is 11.6. The maximum absolute atomic E-state index is 11.5. The summed E-state index contributed by atoms with van der Waals surface area (Å²) in [6.45, 7) is 4.18. The zero-order valence-electron chi connectivity index (χ0n) is 13.9. The minimum atomic E-state index is -0.468. The topological polar surface area (TPSA) is 46.5 Å². The summed E-state index contributed by atoms with van der Waals surface area (Å²) >= 11 is 5.45. The van der Waals surface area contributed by atoms with Crippen LogP contribution in [0.2, 0.25) is 0 Å². The van der Waals surface area contributed by atoms with Gasteiger partial charge in [-0.1, -0.05) is 64.7 Å². The molecule has 0 spiro atoms. The minimum absolute atomic E-state index is 0. The molecular weight excluding hydrogens is 351 g/mol. The van der Waals surface area contributed by atoms with E-state index in [0.717, 1.165) is 12.8 Å². The summed E-state index contributed by atoms with van der Waals surface area (Å²) < 4.78 is 5.08. The van der Waals surface area contributed by atoms with E-state index in [9.17, 15) is 9.90 Å². The molecule has 0 saturated heterocycles. The monoisotopic (exact) mass is 381 g/mol. The van der Waals surface area contributed by atoms with Crippen molar-refractivity contribution in [2.75, 3.05) is 12.5 Å². The Hall–Kier alpha value is -0.181. The first-order valence-corrected chi connectivity index (χ1v) is 8.78. The van der Waals surface area contributed by atoms with Crippen LogP contribution in [0.15, 0.2) is 11.3 Å². The molecule has 0 atom stereocenters. The van der Waals surface area contributed by atoms with Crippen molar-refractivity contribution in [1.82, 2.24) is 0 Å². The molecule has 0 aromatic carbocycles. The Morgan fingerprint density at radius 2 is 1.41 bits per heavy atom. The van der Waals surface area contributed by atoms with E-state index in [1.165, 1.54) is 58.3 Å². The molecule has 5 heteroatoms. The SMILES string of the molecule is CCCCCCCCCCCCOC(=O)/C(C)=C(\O)CCl.[Cu]. The van der Waals surface area contributed by atoms with Crippen LogP contribution in [-0.2, 0) is 26.6 Å². The number of ether oxygens (including phenoxy) is 1. The average Bonchev–Trinajstić information content (AvgIpc) is 2.50. The van der Waals surface area contributed by atoms with Gasteiger partial charge < -0.3 is 9.84 Å². The van der Waals surface area contributed by atoms with Gasteiger partial charge in [0.2, 0.25) is 0 Å². The number of esters is 1. The van der Waals surface area contributed by atoms with Crippen molar-refractivity contribution in [2.24, 2.45) is 0 Å². The first-order chi connectivity index (χ1) is 10.1. The number of alkyl halides is 1. The van der Waals surface area contributed by atoms with Crippen LogP contribution in [0.4, 0.5) is 0 Å². The number of allylic oxidation sites excluding steroid dienone is 1. The largest absolute Gasteiger partial charge is 0.510 e. The first-order valence-electron chi connectivity index (χ1n) is 8.25. The number of carbonyl (C=O) groups is 1. The van der Waals surface area contributed by atoms with Gasteiger partial charge in [-0.15, -0.1) is 11.6 Å². The van der Waals surface area contributed by atoms with Crippen molar-refractivity contribution < 1.29 is 31.7 Å². The molecular formula is C17H31ClCuO3. The van der Waals surface area contributed by atoms with Crippen LogP contribution in [0.3, 0.4) is 0 Å². The molecule has 0 bridgehead atoms. The van der Waals surface area contributed by atoms with Crippen molar-refractivity contribution in [3.8, 4) is 0 Å². The second-order valence-corrected chi connectivity index (χ2v) is 5.79.